The molecule has 13 heteroatoms. The number of carbonyl (C=O) groups excluding carboxylic acids is 1. The van der Waals surface area contributed by atoms with Gasteiger partial charge in [0, 0.05) is 17.2 Å². The van der Waals surface area contributed by atoms with Crippen molar-refractivity contribution in [3.63, 3.8) is 0 Å². The molecule has 0 radical (unpaired) electrons. The van der Waals surface area contributed by atoms with Gasteiger partial charge in [-0.1, -0.05) is 12.1 Å². The third-order valence-corrected chi connectivity index (χ3v) is 5.67. The normalized spacial score (nSPS) is 12.1. The number of benzene rings is 3. The lowest BCUT2D eigenvalue weighted by Gasteiger charge is -2.11. The van der Waals surface area contributed by atoms with Gasteiger partial charge in [-0.25, -0.2) is 18.6 Å². The summed E-state index contributed by atoms with van der Waals surface area (Å²) in [6, 6.07) is 9.00. The topological polar surface area (TPSA) is 84.8 Å². The Balaban J connectivity index is 1.71. The number of halogens is 6. The number of alkyl halides is 3. The number of hydrogen-bond donors (Lipinski definition) is 1. The Morgan fingerprint density at radius 1 is 0.943 bits per heavy atom. The van der Waals surface area contributed by atoms with E-state index < -0.39 is 62.1 Å². The van der Waals surface area contributed by atoms with Gasteiger partial charge in [-0.2, -0.15) is 26.7 Å². The first-order valence-corrected chi connectivity index (χ1v) is 10.9. The lowest BCUT2D eigenvalue weighted by molar-refractivity contribution is -0.137. The molecule has 0 saturated carbocycles. The fourth-order valence-corrected chi connectivity index (χ4v) is 3.68. The molecule has 0 heterocycles. The third-order valence-electron chi connectivity index (χ3n) is 4.42. The van der Waals surface area contributed by atoms with E-state index in [1.54, 1.807) is 0 Å². The van der Waals surface area contributed by atoms with E-state index in [0.29, 0.717) is 24.3 Å². The quantitative estimate of drug-likeness (QED) is 0.164. The first-order chi connectivity index (χ1) is 16.4. The smallest absolute Gasteiger partial charge is 0.378 e. The maximum atomic E-state index is 13.7. The van der Waals surface area contributed by atoms with Crippen LogP contribution >= 0.6 is 0 Å². The van der Waals surface area contributed by atoms with Gasteiger partial charge in [0.25, 0.3) is 0 Å². The van der Waals surface area contributed by atoms with E-state index >= 15 is 0 Å². The second-order valence-corrected chi connectivity index (χ2v) is 8.47. The lowest BCUT2D eigenvalue weighted by Crippen LogP contribution is -2.20. The predicted octanol–water partition coefficient (Wildman–Crippen LogP) is 4.58. The van der Waals surface area contributed by atoms with Crippen LogP contribution in [-0.4, -0.2) is 20.5 Å². The van der Waals surface area contributed by atoms with Crippen molar-refractivity contribution in [1.29, 1.82) is 0 Å². The summed E-state index contributed by atoms with van der Waals surface area (Å²) >= 11 is 0. The number of nitrogens with one attached hydrogen (secondary N) is 1. The minimum absolute atomic E-state index is 0.0577. The molecule has 0 spiro atoms. The van der Waals surface area contributed by atoms with Gasteiger partial charge in [-0.3, -0.25) is 4.79 Å². The zero-order valence-electron chi connectivity index (χ0n) is 17.3. The number of nitrogens with zero attached hydrogens (tertiary/aromatic N) is 1. The van der Waals surface area contributed by atoms with E-state index in [4.69, 9.17) is 4.18 Å². The summed E-state index contributed by atoms with van der Waals surface area (Å²) in [6.07, 6.45) is -4.31. The number of hydrogen-bond acceptors (Lipinski definition) is 5. The molecule has 0 atom stereocenters. The van der Waals surface area contributed by atoms with Crippen LogP contribution in [0.1, 0.15) is 16.7 Å². The van der Waals surface area contributed by atoms with Crippen LogP contribution in [0.4, 0.5) is 26.3 Å². The van der Waals surface area contributed by atoms with Gasteiger partial charge in [0.2, 0.25) is 5.91 Å². The molecule has 0 bridgehead atoms. The number of amides is 1. The Morgan fingerprint density at radius 3 is 2.23 bits per heavy atom. The molecule has 0 aromatic heterocycles. The number of hydrazone groups is 1. The molecular formula is C22H14F6N2O4S. The van der Waals surface area contributed by atoms with Crippen LogP contribution in [0.15, 0.2) is 70.7 Å². The summed E-state index contributed by atoms with van der Waals surface area (Å²) in [5.41, 5.74) is 0.624. The Hall–Kier alpha value is -3.87. The zero-order valence-corrected chi connectivity index (χ0v) is 18.1. The van der Waals surface area contributed by atoms with Crippen molar-refractivity contribution in [2.45, 2.75) is 17.5 Å². The fourth-order valence-electron chi connectivity index (χ4n) is 2.73. The van der Waals surface area contributed by atoms with Crippen molar-refractivity contribution in [3.8, 4) is 5.75 Å². The molecule has 1 amide bonds. The van der Waals surface area contributed by atoms with Crippen molar-refractivity contribution in [1.82, 2.24) is 5.43 Å². The Bertz CT molecular complexity index is 1370. The van der Waals surface area contributed by atoms with Crippen LogP contribution in [0.5, 0.6) is 5.75 Å². The van der Waals surface area contributed by atoms with Crippen molar-refractivity contribution < 1.29 is 43.7 Å². The van der Waals surface area contributed by atoms with Gasteiger partial charge in [0.05, 0.1) is 18.2 Å². The van der Waals surface area contributed by atoms with Gasteiger partial charge in [0.1, 0.15) is 10.7 Å². The summed E-state index contributed by atoms with van der Waals surface area (Å²) in [4.78, 5) is 11.4. The van der Waals surface area contributed by atoms with Crippen LogP contribution in [0.25, 0.3) is 0 Å². The van der Waals surface area contributed by atoms with Crippen LogP contribution in [0.3, 0.4) is 0 Å². The monoisotopic (exact) mass is 516 g/mol. The molecule has 0 fully saturated rings. The van der Waals surface area contributed by atoms with Gasteiger partial charge in [-0.15, -0.1) is 0 Å². The molecule has 0 aliphatic heterocycles. The molecule has 35 heavy (non-hydrogen) atoms. The van der Waals surface area contributed by atoms with Crippen molar-refractivity contribution in [2.75, 3.05) is 0 Å². The molecular weight excluding hydrogens is 502 g/mol. The summed E-state index contributed by atoms with van der Waals surface area (Å²) in [5, 5.41) is 3.59. The molecule has 3 aromatic carbocycles. The number of rotatable bonds is 7. The first kappa shape index (κ1) is 25.7. The molecule has 6 nitrogen and oxygen atoms in total. The van der Waals surface area contributed by atoms with Gasteiger partial charge < -0.3 is 4.18 Å². The molecule has 0 unspecified atom stereocenters. The Labute approximate surface area is 195 Å². The molecule has 0 aliphatic rings. The van der Waals surface area contributed by atoms with E-state index in [-0.39, 0.29) is 11.3 Å². The van der Waals surface area contributed by atoms with Crippen molar-refractivity contribution in [3.05, 3.63) is 94.8 Å². The second-order valence-electron chi connectivity index (χ2n) is 6.93. The van der Waals surface area contributed by atoms with Gasteiger partial charge in [0.15, 0.2) is 17.4 Å². The van der Waals surface area contributed by atoms with Gasteiger partial charge in [-0.05, 0) is 42.5 Å². The van der Waals surface area contributed by atoms with E-state index in [1.807, 2.05) is 5.43 Å². The number of para-hydroxylation sites is 1. The highest BCUT2D eigenvalue weighted by Crippen LogP contribution is 2.30. The van der Waals surface area contributed by atoms with E-state index in [9.17, 15) is 39.6 Å². The summed E-state index contributed by atoms with van der Waals surface area (Å²) in [6.45, 7) is 0. The Morgan fingerprint density at radius 2 is 1.57 bits per heavy atom. The average molecular weight is 516 g/mol. The predicted molar refractivity (Wildman–Crippen MR) is 111 cm³/mol. The molecule has 0 aliphatic carbocycles. The summed E-state index contributed by atoms with van der Waals surface area (Å²) in [5.74, 6) is -5.01. The zero-order chi connectivity index (χ0) is 25.8. The fraction of sp³-hybridized carbons (Fsp3) is 0.0909. The van der Waals surface area contributed by atoms with Crippen molar-refractivity contribution in [2.24, 2.45) is 5.10 Å². The van der Waals surface area contributed by atoms with Crippen LogP contribution < -0.4 is 9.61 Å². The Kier molecular flexibility index (Phi) is 7.48. The molecule has 3 rings (SSSR count). The van der Waals surface area contributed by atoms with Crippen LogP contribution in [0.2, 0.25) is 0 Å². The summed E-state index contributed by atoms with van der Waals surface area (Å²) < 4.78 is 108. The molecule has 184 valence electrons. The highest BCUT2D eigenvalue weighted by atomic mass is 32.2. The first-order valence-electron chi connectivity index (χ1n) is 9.53. The second kappa shape index (κ2) is 10.2. The molecule has 3 aromatic rings. The van der Waals surface area contributed by atoms with E-state index in [0.717, 1.165) is 18.3 Å². The highest BCUT2D eigenvalue weighted by Gasteiger charge is 2.31. The van der Waals surface area contributed by atoms with Crippen LogP contribution in [0, 0.1) is 17.5 Å². The highest BCUT2D eigenvalue weighted by molar-refractivity contribution is 7.87. The standard InChI is InChI=1S/C22H14F6N2O4S/c23-17-11-19(25)18(24)9-14(17)10-21(31)30-29-12-13-3-1-2-4-20(13)34-35(32,33)16-7-5-15(6-8-16)22(26,27)28/h1-9,11-12H,10H2,(H,30,31)/b29-12+. The van der Waals surface area contributed by atoms with Crippen molar-refractivity contribution >= 4 is 22.2 Å². The third kappa shape index (κ3) is 6.59. The van der Waals surface area contributed by atoms with E-state index in [2.05, 4.69) is 5.10 Å². The minimum atomic E-state index is -4.65. The SMILES string of the molecule is O=C(Cc1cc(F)c(F)cc1F)N/N=C/c1ccccc1OS(=O)(=O)c1ccc(C(F)(F)F)cc1. The summed E-state index contributed by atoms with van der Waals surface area (Å²) in [7, 11) is -4.52. The van der Waals surface area contributed by atoms with Crippen LogP contribution in [-0.2, 0) is 27.5 Å². The molecule has 0 saturated heterocycles. The lowest BCUT2D eigenvalue weighted by atomic mass is 10.1. The minimum Gasteiger partial charge on any atom is -0.378 e. The largest absolute Gasteiger partial charge is 0.416 e. The van der Waals surface area contributed by atoms with Gasteiger partial charge >= 0.3 is 16.3 Å². The number of carbonyl (C=O) groups is 1. The maximum absolute atomic E-state index is 13.7. The molecule has 1 N–H and O–H groups in total. The van der Waals surface area contributed by atoms with E-state index in [1.165, 1.54) is 24.3 Å². The maximum Gasteiger partial charge on any atom is 0.416 e. The average Bonchev–Trinajstić information content (AvgIpc) is 2.78.